The van der Waals surface area contributed by atoms with Gasteiger partial charge in [-0.1, -0.05) is 12.1 Å². The van der Waals surface area contributed by atoms with E-state index in [0.717, 1.165) is 26.7 Å². The maximum atomic E-state index is 4.70. The number of thiophene rings is 2. The van der Waals surface area contributed by atoms with Gasteiger partial charge in [0.2, 0.25) is 0 Å². The van der Waals surface area contributed by atoms with Gasteiger partial charge < -0.3 is 0 Å². The third kappa shape index (κ3) is 1.90. The van der Waals surface area contributed by atoms with Gasteiger partial charge in [-0.05, 0) is 22.9 Å². The Morgan fingerprint density at radius 3 is 2.20 bits per heavy atom. The van der Waals surface area contributed by atoms with E-state index in [9.17, 15) is 0 Å². The Balaban J connectivity index is 2.06. The van der Waals surface area contributed by atoms with Crippen molar-refractivity contribution >= 4 is 33.8 Å². The minimum absolute atomic E-state index is 0.628. The molecule has 6 heteroatoms. The van der Waals surface area contributed by atoms with Gasteiger partial charge in [0.05, 0.1) is 16.0 Å². The predicted octanol–water partition coefficient (Wildman–Crippen LogP) is 3.88. The van der Waals surface area contributed by atoms with Crippen LogP contribution in [-0.4, -0.2) is 19.9 Å². The highest BCUT2D eigenvalue weighted by atomic mass is 32.1. The average molecular weight is 296 g/mol. The molecule has 0 amide bonds. The molecule has 96 valence electrons. The highest BCUT2D eigenvalue weighted by molar-refractivity contribution is 7.14. The molecule has 4 aromatic heterocycles. The van der Waals surface area contributed by atoms with Crippen molar-refractivity contribution in [3.05, 3.63) is 47.5 Å². The minimum Gasteiger partial charge on any atom is -0.242 e. The lowest BCUT2D eigenvalue weighted by Crippen LogP contribution is -1.95. The number of rotatable bonds is 2. The molecule has 0 N–H and O–H groups in total. The molecule has 4 nitrogen and oxygen atoms in total. The van der Waals surface area contributed by atoms with Crippen molar-refractivity contribution in [2.24, 2.45) is 0 Å². The van der Waals surface area contributed by atoms with Crippen LogP contribution in [0.5, 0.6) is 0 Å². The third-order valence-electron chi connectivity index (χ3n) is 2.86. The molecular weight excluding hydrogens is 288 g/mol. The van der Waals surface area contributed by atoms with Crippen molar-refractivity contribution in [1.29, 1.82) is 0 Å². The van der Waals surface area contributed by atoms with E-state index in [0.29, 0.717) is 5.65 Å². The zero-order valence-electron chi connectivity index (χ0n) is 10.2. The van der Waals surface area contributed by atoms with Gasteiger partial charge in [0.1, 0.15) is 23.2 Å². The molecule has 0 aliphatic rings. The zero-order valence-corrected chi connectivity index (χ0v) is 11.9. The minimum atomic E-state index is 0.628. The number of aromatic nitrogens is 4. The summed E-state index contributed by atoms with van der Waals surface area (Å²) in [6.45, 7) is 0. The molecule has 4 aromatic rings. The summed E-state index contributed by atoms with van der Waals surface area (Å²) in [5.41, 5.74) is 3.12. The fourth-order valence-corrected chi connectivity index (χ4v) is 3.41. The Bertz CT molecular complexity index is 781. The summed E-state index contributed by atoms with van der Waals surface area (Å²) in [5.74, 6) is 0. The molecule has 0 unspecified atom stereocenters. The normalized spacial score (nSPS) is 11.0. The molecule has 0 aromatic carbocycles. The van der Waals surface area contributed by atoms with Crippen LogP contribution >= 0.6 is 22.7 Å². The summed E-state index contributed by atoms with van der Waals surface area (Å²) in [5, 5.41) is 4.08. The van der Waals surface area contributed by atoms with E-state index < -0.39 is 0 Å². The van der Waals surface area contributed by atoms with E-state index in [2.05, 4.69) is 27.1 Å². The van der Waals surface area contributed by atoms with Gasteiger partial charge in [0.25, 0.3) is 0 Å². The van der Waals surface area contributed by atoms with Gasteiger partial charge in [-0.25, -0.2) is 19.9 Å². The first kappa shape index (κ1) is 11.6. The Kier molecular flexibility index (Phi) is 2.75. The largest absolute Gasteiger partial charge is 0.242 e. The van der Waals surface area contributed by atoms with E-state index in [4.69, 9.17) is 4.98 Å². The molecule has 0 atom stereocenters. The lowest BCUT2D eigenvalue weighted by molar-refractivity contribution is 1.15. The van der Waals surface area contributed by atoms with E-state index in [1.165, 1.54) is 6.33 Å². The fourth-order valence-electron chi connectivity index (χ4n) is 1.98. The van der Waals surface area contributed by atoms with Crippen LogP contribution in [0.25, 0.3) is 32.3 Å². The van der Waals surface area contributed by atoms with Crippen LogP contribution < -0.4 is 0 Å². The van der Waals surface area contributed by atoms with Crippen LogP contribution in [0.15, 0.2) is 47.5 Å². The molecular formula is C14H8N4S2. The molecule has 0 spiro atoms. The molecule has 4 heterocycles. The Labute approximate surface area is 122 Å². The van der Waals surface area contributed by atoms with Crippen molar-refractivity contribution in [3.8, 4) is 21.1 Å². The molecule has 0 radical (unpaired) electrons. The fraction of sp³-hybridized carbons (Fsp3) is 0. The van der Waals surface area contributed by atoms with Gasteiger partial charge in [-0.3, -0.25) is 0 Å². The predicted molar refractivity (Wildman–Crippen MR) is 81.8 cm³/mol. The third-order valence-corrected chi connectivity index (χ3v) is 4.61. The van der Waals surface area contributed by atoms with Gasteiger partial charge in [-0.2, -0.15) is 0 Å². The Hall–Kier alpha value is -2.18. The van der Waals surface area contributed by atoms with Crippen molar-refractivity contribution in [3.63, 3.8) is 0 Å². The molecule has 0 bridgehead atoms. The number of nitrogens with zero attached hydrogens (tertiary/aromatic N) is 4. The monoisotopic (exact) mass is 296 g/mol. The summed E-state index contributed by atoms with van der Waals surface area (Å²) in [4.78, 5) is 19.8. The quantitative estimate of drug-likeness (QED) is 0.563. The molecule has 0 fully saturated rings. The molecule has 0 saturated carbocycles. The summed E-state index contributed by atoms with van der Waals surface area (Å²) >= 11 is 3.31. The van der Waals surface area contributed by atoms with E-state index in [1.54, 1.807) is 28.9 Å². The van der Waals surface area contributed by atoms with E-state index in [-0.39, 0.29) is 0 Å². The zero-order chi connectivity index (χ0) is 13.4. The Morgan fingerprint density at radius 2 is 1.55 bits per heavy atom. The number of hydrogen-bond donors (Lipinski definition) is 0. The lowest BCUT2D eigenvalue weighted by Gasteiger charge is -2.06. The molecule has 20 heavy (non-hydrogen) atoms. The van der Waals surface area contributed by atoms with Crippen LogP contribution in [0.1, 0.15) is 0 Å². The highest BCUT2D eigenvalue weighted by Crippen LogP contribution is 2.34. The maximum Gasteiger partial charge on any atom is 0.181 e. The van der Waals surface area contributed by atoms with Crippen molar-refractivity contribution < 1.29 is 0 Å². The Morgan fingerprint density at radius 1 is 0.850 bits per heavy atom. The van der Waals surface area contributed by atoms with Gasteiger partial charge >= 0.3 is 0 Å². The van der Waals surface area contributed by atoms with Gasteiger partial charge in [-0.15, -0.1) is 22.7 Å². The summed E-state index contributed by atoms with van der Waals surface area (Å²) < 4.78 is 0. The van der Waals surface area contributed by atoms with Crippen LogP contribution in [-0.2, 0) is 0 Å². The summed E-state index contributed by atoms with van der Waals surface area (Å²) in [6.07, 6.45) is 3.20. The van der Waals surface area contributed by atoms with E-state index >= 15 is 0 Å². The molecule has 0 aliphatic heterocycles. The number of hydrogen-bond acceptors (Lipinski definition) is 6. The molecule has 0 saturated heterocycles. The SMILES string of the molecule is c1csc(-c2nc3cncnc3nc2-c2cccs2)c1. The number of fused-ring (bicyclic) bond motifs is 1. The highest BCUT2D eigenvalue weighted by Gasteiger charge is 2.15. The summed E-state index contributed by atoms with van der Waals surface area (Å²) in [7, 11) is 0. The topological polar surface area (TPSA) is 51.6 Å². The first-order valence-electron chi connectivity index (χ1n) is 5.97. The van der Waals surface area contributed by atoms with Crippen molar-refractivity contribution in [1.82, 2.24) is 19.9 Å². The first-order valence-corrected chi connectivity index (χ1v) is 7.73. The second kappa shape index (κ2) is 4.73. The van der Waals surface area contributed by atoms with Gasteiger partial charge in [0, 0.05) is 0 Å². The van der Waals surface area contributed by atoms with E-state index in [1.807, 2.05) is 22.9 Å². The van der Waals surface area contributed by atoms with Crippen LogP contribution in [0.4, 0.5) is 0 Å². The van der Waals surface area contributed by atoms with Crippen molar-refractivity contribution in [2.45, 2.75) is 0 Å². The summed E-state index contributed by atoms with van der Waals surface area (Å²) in [6, 6.07) is 8.15. The second-order valence-electron chi connectivity index (χ2n) is 4.11. The van der Waals surface area contributed by atoms with Crippen LogP contribution in [0, 0.1) is 0 Å². The molecule has 4 rings (SSSR count). The van der Waals surface area contributed by atoms with Gasteiger partial charge in [0.15, 0.2) is 5.65 Å². The standard InChI is InChI=1S/C14H8N4S2/c1-3-10(19-5-1)12-13(11-4-2-6-20-11)18-14-9(17-12)7-15-8-16-14/h1-8H. The average Bonchev–Trinajstić information content (AvgIpc) is 3.19. The van der Waals surface area contributed by atoms with Crippen molar-refractivity contribution in [2.75, 3.05) is 0 Å². The lowest BCUT2D eigenvalue weighted by atomic mass is 10.2. The van der Waals surface area contributed by atoms with Crippen LogP contribution in [0.3, 0.4) is 0 Å². The van der Waals surface area contributed by atoms with Crippen LogP contribution in [0.2, 0.25) is 0 Å². The maximum absolute atomic E-state index is 4.70. The second-order valence-corrected chi connectivity index (χ2v) is 6.00. The smallest absolute Gasteiger partial charge is 0.181 e. The first-order chi connectivity index (χ1) is 9.92. The molecule has 0 aliphatic carbocycles.